The number of rotatable bonds is 6. The Balaban J connectivity index is 1.83. The molecule has 0 aliphatic heterocycles. The number of anilines is 1. The van der Waals surface area contributed by atoms with E-state index in [1.54, 1.807) is 36.1 Å². The lowest BCUT2D eigenvalue weighted by Gasteiger charge is -2.07. The summed E-state index contributed by atoms with van der Waals surface area (Å²) in [7, 11) is 1.73. The summed E-state index contributed by atoms with van der Waals surface area (Å²) in [6, 6.07) is 6.37. The molecule has 8 nitrogen and oxygen atoms in total. The van der Waals surface area contributed by atoms with Crippen molar-refractivity contribution in [3.05, 3.63) is 52.3 Å². The van der Waals surface area contributed by atoms with E-state index < -0.39 is 4.92 Å². The summed E-state index contributed by atoms with van der Waals surface area (Å²) in [6.45, 7) is 0.733. The molecular formula is C13H15N5O3. The second-order valence-corrected chi connectivity index (χ2v) is 4.36. The van der Waals surface area contributed by atoms with Crippen LogP contribution in [0.3, 0.4) is 0 Å². The molecule has 0 bridgehead atoms. The molecule has 110 valence electrons. The predicted molar refractivity (Wildman–Crippen MR) is 77.1 cm³/mol. The lowest BCUT2D eigenvalue weighted by molar-refractivity contribution is -0.384. The molecular weight excluding hydrogens is 274 g/mol. The van der Waals surface area contributed by atoms with Gasteiger partial charge in [-0.15, -0.1) is 0 Å². The molecule has 2 N–H and O–H groups in total. The third-order valence-electron chi connectivity index (χ3n) is 2.79. The molecule has 21 heavy (non-hydrogen) atoms. The molecule has 1 aromatic heterocycles. The number of hydrogen-bond donors (Lipinski definition) is 2. The Kier molecular flexibility index (Phi) is 4.50. The van der Waals surface area contributed by atoms with E-state index in [0.717, 1.165) is 0 Å². The van der Waals surface area contributed by atoms with Gasteiger partial charge in [-0.3, -0.25) is 19.6 Å². The summed E-state index contributed by atoms with van der Waals surface area (Å²) in [5.74, 6) is -0.229. The van der Waals surface area contributed by atoms with E-state index >= 15 is 0 Å². The van der Waals surface area contributed by atoms with Gasteiger partial charge >= 0.3 is 0 Å². The number of benzene rings is 1. The number of aryl methyl sites for hydroxylation is 1. The van der Waals surface area contributed by atoms with Crippen LogP contribution in [0.15, 0.2) is 36.7 Å². The number of amides is 1. The van der Waals surface area contributed by atoms with Crippen LogP contribution in [0.1, 0.15) is 10.4 Å². The Morgan fingerprint density at radius 2 is 2.14 bits per heavy atom. The highest BCUT2D eigenvalue weighted by Gasteiger charge is 2.11. The maximum absolute atomic E-state index is 11.7. The zero-order valence-corrected chi connectivity index (χ0v) is 11.4. The largest absolute Gasteiger partial charge is 0.378 e. The summed E-state index contributed by atoms with van der Waals surface area (Å²) in [6.07, 6.45) is 3.09. The number of nitro groups is 1. The van der Waals surface area contributed by atoms with Gasteiger partial charge in [-0.2, -0.15) is 5.10 Å². The SMILES string of the molecule is Cn1cc(C(=O)NCCNc2ccccc2[N+](=O)[O-])cn1. The fourth-order valence-electron chi connectivity index (χ4n) is 1.80. The first kappa shape index (κ1) is 14.5. The molecule has 1 heterocycles. The van der Waals surface area contributed by atoms with Crippen LogP contribution >= 0.6 is 0 Å². The summed E-state index contributed by atoms with van der Waals surface area (Å²) in [5.41, 5.74) is 0.914. The van der Waals surface area contributed by atoms with Crippen molar-refractivity contribution in [3.8, 4) is 0 Å². The molecule has 0 spiro atoms. The van der Waals surface area contributed by atoms with Gasteiger partial charge in [-0.05, 0) is 6.07 Å². The van der Waals surface area contributed by atoms with Gasteiger partial charge < -0.3 is 10.6 Å². The Morgan fingerprint density at radius 1 is 1.38 bits per heavy atom. The Morgan fingerprint density at radius 3 is 2.81 bits per heavy atom. The maximum Gasteiger partial charge on any atom is 0.292 e. The fourth-order valence-corrected chi connectivity index (χ4v) is 1.80. The highest BCUT2D eigenvalue weighted by atomic mass is 16.6. The molecule has 0 aliphatic carbocycles. The van der Waals surface area contributed by atoms with E-state index in [9.17, 15) is 14.9 Å². The van der Waals surface area contributed by atoms with Crippen molar-refractivity contribution in [1.82, 2.24) is 15.1 Å². The minimum Gasteiger partial charge on any atom is -0.378 e. The molecule has 0 radical (unpaired) electrons. The number of carbonyl (C=O) groups excluding carboxylic acids is 1. The molecule has 8 heteroatoms. The number of para-hydroxylation sites is 2. The van der Waals surface area contributed by atoms with Crippen molar-refractivity contribution in [1.29, 1.82) is 0 Å². The van der Waals surface area contributed by atoms with Crippen molar-refractivity contribution >= 4 is 17.3 Å². The van der Waals surface area contributed by atoms with Gasteiger partial charge in [0.25, 0.3) is 11.6 Å². The highest BCUT2D eigenvalue weighted by molar-refractivity contribution is 5.93. The van der Waals surface area contributed by atoms with E-state index in [2.05, 4.69) is 15.7 Å². The number of nitro benzene ring substituents is 1. The van der Waals surface area contributed by atoms with E-state index in [1.807, 2.05) is 0 Å². The first-order valence-corrected chi connectivity index (χ1v) is 6.32. The summed E-state index contributed by atoms with van der Waals surface area (Å²) < 4.78 is 1.54. The number of nitrogens with zero attached hydrogens (tertiary/aromatic N) is 3. The standard InChI is InChI=1S/C13H15N5O3/c1-17-9-10(8-16-17)13(19)15-7-6-14-11-4-2-3-5-12(11)18(20)21/h2-5,8-9,14H,6-7H2,1H3,(H,15,19). The zero-order valence-electron chi connectivity index (χ0n) is 11.4. The number of hydrogen-bond acceptors (Lipinski definition) is 5. The smallest absolute Gasteiger partial charge is 0.292 e. The van der Waals surface area contributed by atoms with Crippen molar-refractivity contribution in [2.24, 2.45) is 7.05 Å². The molecule has 1 amide bonds. The number of nitrogens with one attached hydrogen (secondary N) is 2. The first-order valence-electron chi connectivity index (χ1n) is 6.32. The predicted octanol–water partition coefficient (Wildman–Crippen LogP) is 1.17. The van der Waals surface area contributed by atoms with Gasteiger partial charge in [-0.1, -0.05) is 12.1 Å². The van der Waals surface area contributed by atoms with E-state index in [0.29, 0.717) is 24.3 Å². The monoisotopic (exact) mass is 289 g/mol. The Hall–Kier alpha value is -2.90. The van der Waals surface area contributed by atoms with Crippen LogP contribution in [-0.4, -0.2) is 33.7 Å². The average Bonchev–Trinajstić information content (AvgIpc) is 2.90. The van der Waals surface area contributed by atoms with Crippen LogP contribution in [0, 0.1) is 10.1 Å². The minimum absolute atomic E-state index is 0.0103. The number of carbonyl (C=O) groups is 1. The van der Waals surface area contributed by atoms with Crippen LogP contribution in [0.5, 0.6) is 0 Å². The molecule has 0 atom stereocenters. The first-order chi connectivity index (χ1) is 10.1. The van der Waals surface area contributed by atoms with Crippen LogP contribution in [-0.2, 0) is 7.05 Å². The molecule has 0 fully saturated rings. The van der Waals surface area contributed by atoms with Crippen LogP contribution in [0.2, 0.25) is 0 Å². The summed E-state index contributed by atoms with van der Waals surface area (Å²) in [4.78, 5) is 22.1. The second kappa shape index (κ2) is 6.51. The molecule has 2 aromatic rings. The van der Waals surface area contributed by atoms with Crippen LogP contribution in [0.4, 0.5) is 11.4 Å². The lowest BCUT2D eigenvalue weighted by Crippen LogP contribution is -2.28. The number of aromatic nitrogens is 2. The van der Waals surface area contributed by atoms with Crippen molar-refractivity contribution in [2.45, 2.75) is 0 Å². The average molecular weight is 289 g/mol. The van der Waals surface area contributed by atoms with Gasteiger partial charge in [0.15, 0.2) is 0 Å². The van der Waals surface area contributed by atoms with E-state index in [1.165, 1.54) is 12.3 Å². The highest BCUT2D eigenvalue weighted by Crippen LogP contribution is 2.22. The van der Waals surface area contributed by atoms with Gasteiger partial charge in [0.2, 0.25) is 0 Å². The molecule has 0 aliphatic rings. The van der Waals surface area contributed by atoms with Crippen LogP contribution < -0.4 is 10.6 Å². The maximum atomic E-state index is 11.7. The fraction of sp³-hybridized carbons (Fsp3) is 0.231. The molecule has 0 unspecified atom stereocenters. The second-order valence-electron chi connectivity index (χ2n) is 4.36. The lowest BCUT2D eigenvalue weighted by atomic mass is 10.2. The summed E-state index contributed by atoms with van der Waals surface area (Å²) in [5, 5.41) is 20.4. The molecule has 2 rings (SSSR count). The van der Waals surface area contributed by atoms with E-state index in [4.69, 9.17) is 0 Å². The van der Waals surface area contributed by atoms with Gasteiger partial charge in [0, 0.05) is 32.4 Å². The summed E-state index contributed by atoms with van der Waals surface area (Å²) >= 11 is 0. The Bertz CT molecular complexity index is 653. The third kappa shape index (κ3) is 3.78. The van der Waals surface area contributed by atoms with E-state index in [-0.39, 0.29) is 11.6 Å². The zero-order chi connectivity index (χ0) is 15.2. The minimum atomic E-state index is -0.448. The Labute approximate surface area is 120 Å². The molecule has 0 saturated carbocycles. The van der Waals surface area contributed by atoms with Crippen molar-refractivity contribution in [2.75, 3.05) is 18.4 Å². The normalized spacial score (nSPS) is 10.1. The third-order valence-corrected chi connectivity index (χ3v) is 2.79. The van der Waals surface area contributed by atoms with Gasteiger partial charge in [-0.25, -0.2) is 0 Å². The topological polar surface area (TPSA) is 102 Å². The quantitative estimate of drug-likeness (QED) is 0.472. The molecule has 1 aromatic carbocycles. The molecule has 0 saturated heterocycles. The van der Waals surface area contributed by atoms with Gasteiger partial charge in [0.05, 0.1) is 16.7 Å². The van der Waals surface area contributed by atoms with Crippen molar-refractivity contribution in [3.63, 3.8) is 0 Å². The van der Waals surface area contributed by atoms with Crippen LogP contribution in [0.25, 0.3) is 0 Å². The van der Waals surface area contributed by atoms with Gasteiger partial charge in [0.1, 0.15) is 5.69 Å². The van der Waals surface area contributed by atoms with Crippen molar-refractivity contribution < 1.29 is 9.72 Å².